The van der Waals surface area contributed by atoms with Gasteiger partial charge in [-0.3, -0.25) is 19.3 Å². The largest absolute Gasteiger partial charge is 0.494 e. The number of hydrogen-bond donors (Lipinski definition) is 1. The van der Waals surface area contributed by atoms with E-state index in [4.69, 9.17) is 9.47 Å². The molecule has 1 aromatic carbocycles. The minimum Gasteiger partial charge on any atom is -0.494 e. The number of carbonyl (C=O) groups excluding carboxylic acids is 3. The maximum Gasteiger partial charge on any atom is 0.247 e. The quantitative estimate of drug-likeness (QED) is 0.295. The van der Waals surface area contributed by atoms with E-state index in [9.17, 15) is 19.5 Å². The molecule has 1 N–H and O–H groups in total. The van der Waals surface area contributed by atoms with Gasteiger partial charge in [-0.1, -0.05) is 24.3 Å². The Kier molecular flexibility index (Phi) is 9.65. The van der Waals surface area contributed by atoms with Crippen LogP contribution in [-0.2, 0) is 19.1 Å². The van der Waals surface area contributed by atoms with Gasteiger partial charge in [-0.05, 0) is 50.5 Å². The number of fused-ring (bicyclic) bond motifs is 2. The van der Waals surface area contributed by atoms with Crippen molar-refractivity contribution < 1.29 is 29.0 Å². The summed E-state index contributed by atoms with van der Waals surface area (Å²) >= 11 is 1.62. The Labute approximate surface area is 264 Å². The highest BCUT2D eigenvalue weighted by Gasteiger charge is 2.70. The predicted octanol–water partition coefficient (Wildman–Crippen LogP) is 2.18. The molecule has 1 unspecified atom stereocenters. The maximum absolute atomic E-state index is 14.5. The van der Waals surface area contributed by atoms with Crippen LogP contribution in [0.25, 0.3) is 0 Å². The molecule has 5 aliphatic rings. The number of ether oxygens (including phenoxy) is 2. The smallest absolute Gasteiger partial charge is 0.247 e. The summed E-state index contributed by atoms with van der Waals surface area (Å²) in [6.45, 7) is 8.37. The van der Waals surface area contributed by atoms with Gasteiger partial charge in [0.05, 0.1) is 36.4 Å². The fourth-order valence-corrected chi connectivity index (χ4v) is 9.41. The first-order valence-electron chi connectivity index (χ1n) is 16.0. The summed E-state index contributed by atoms with van der Waals surface area (Å²) in [5.74, 6) is -0.706. The van der Waals surface area contributed by atoms with Gasteiger partial charge in [-0.15, -0.1) is 11.8 Å². The Morgan fingerprint density at radius 2 is 1.75 bits per heavy atom. The molecule has 1 aromatic rings. The number of rotatable bonds is 11. The van der Waals surface area contributed by atoms with Gasteiger partial charge < -0.3 is 29.3 Å². The number of benzene rings is 1. The number of nitrogens with zero attached hydrogens (tertiary/aromatic N) is 4. The molecule has 6 rings (SSSR count). The zero-order valence-corrected chi connectivity index (χ0v) is 26.3. The molecule has 238 valence electrons. The molecule has 44 heavy (non-hydrogen) atoms. The van der Waals surface area contributed by atoms with Gasteiger partial charge in [0, 0.05) is 63.4 Å². The SMILES string of the molecule is CCOc1ccc(N2CC=C[C@H]3S[C@]45C=CCN(CCN6CCOCC6)C(=O)C4N(CCCCCO)C(=O)[C@@H]5[C@H]3C2=O)cc1. The average molecular weight is 625 g/mol. The van der Waals surface area contributed by atoms with Crippen molar-refractivity contribution in [1.82, 2.24) is 14.7 Å². The summed E-state index contributed by atoms with van der Waals surface area (Å²) in [4.78, 5) is 51.1. The molecule has 3 fully saturated rings. The van der Waals surface area contributed by atoms with E-state index in [1.807, 2.05) is 48.2 Å². The third kappa shape index (κ3) is 5.79. The van der Waals surface area contributed by atoms with Crippen molar-refractivity contribution in [3.63, 3.8) is 0 Å². The second-order valence-electron chi connectivity index (χ2n) is 12.1. The summed E-state index contributed by atoms with van der Waals surface area (Å²) in [5, 5.41) is 9.13. The Balaban J connectivity index is 1.30. The molecule has 5 atom stereocenters. The maximum atomic E-state index is 14.5. The van der Waals surface area contributed by atoms with Gasteiger partial charge in [-0.25, -0.2) is 0 Å². The number of hydrogen-bond acceptors (Lipinski definition) is 8. The van der Waals surface area contributed by atoms with Crippen molar-refractivity contribution in [1.29, 1.82) is 0 Å². The van der Waals surface area contributed by atoms with E-state index in [2.05, 4.69) is 17.1 Å². The van der Waals surface area contributed by atoms with Crippen LogP contribution in [0.15, 0.2) is 48.6 Å². The number of likely N-dealkylation sites (tertiary alicyclic amines) is 1. The average Bonchev–Trinajstić information content (AvgIpc) is 3.35. The molecule has 11 heteroatoms. The van der Waals surface area contributed by atoms with Crippen molar-refractivity contribution >= 4 is 35.2 Å². The third-order valence-corrected chi connectivity index (χ3v) is 11.3. The van der Waals surface area contributed by atoms with Gasteiger partial charge in [0.25, 0.3) is 0 Å². The van der Waals surface area contributed by atoms with Crippen LogP contribution < -0.4 is 9.64 Å². The van der Waals surface area contributed by atoms with E-state index in [0.717, 1.165) is 37.5 Å². The molecule has 0 radical (unpaired) electrons. The summed E-state index contributed by atoms with van der Waals surface area (Å²) in [6.07, 6.45) is 10.3. The first kappa shape index (κ1) is 31.1. The lowest BCUT2D eigenvalue weighted by Gasteiger charge is -2.36. The number of thioether (sulfide) groups is 1. The van der Waals surface area contributed by atoms with Gasteiger partial charge in [0.2, 0.25) is 17.7 Å². The van der Waals surface area contributed by atoms with Crippen LogP contribution in [0.1, 0.15) is 26.2 Å². The predicted molar refractivity (Wildman–Crippen MR) is 170 cm³/mol. The van der Waals surface area contributed by atoms with Crippen molar-refractivity contribution in [3.8, 4) is 5.75 Å². The molecule has 0 aliphatic carbocycles. The van der Waals surface area contributed by atoms with E-state index in [1.165, 1.54) is 0 Å². The van der Waals surface area contributed by atoms with Crippen LogP contribution in [0.4, 0.5) is 5.69 Å². The molecule has 0 aromatic heterocycles. The number of unbranched alkanes of at least 4 members (excludes halogenated alkanes) is 2. The molecule has 10 nitrogen and oxygen atoms in total. The number of morpholine rings is 1. The van der Waals surface area contributed by atoms with Crippen LogP contribution in [0, 0.1) is 11.8 Å². The molecule has 0 saturated carbocycles. The second-order valence-corrected chi connectivity index (χ2v) is 13.6. The number of amides is 3. The number of anilines is 1. The Hall–Kier alpha value is -2.86. The monoisotopic (exact) mass is 624 g/mol. The zero-order valence-electron chi connectivity index (χ0n) is 25.5. The van der Waals surface area contributed by atoms with E-state index >= 15 is 0 Å². The Morgan fingerprint density at radius 3 is 2.50 bits per heavy atom. The topological polar surface area (TPSA) is 103 Å². The minimum absolute atomic E-state index is 0.0370. The van der Waals surface area contributed by atoms with Crippen molar-refractivity contribution in [3.05, 3.63) is 48.6 Å². The van der Waals surface area contributed by atoms with E-state index in [0.29, 0.717) is 58.8 Å². The number of carbonyl (C=O) groups is 3. The molecule has 5 aliphatic heterocycles. The first-order chi connectivity index (χ1) is 21.5. The minimum atomic E-state index is -0.823. The molecule has 3 saturated heterocycles. The van der Waals surface area contributed by atoms with E-state index in [1.54, 1.807) is 21.6 Å². The van der Waals surface area contributed by atoms with Crippen LogP contribution in [0.3, 0.4) is 0 Å². The Morgan fingerprint density at radius 1 is 0.955 bits per heavy atom. The van der Waals surface area contributed by atoms with Crippen molar-refractivity contribution in [2.75, 3.05) is 77.1 Å². The van der Waals surface area contributed by atoms with Crippen LogP contribution >= 0.6 is 11.8 Å². The Bertz CT molecular complexity index is 1270. The number of aliphatic hydroxyl groups excluding tert-OH is 1. The summed E-state index contributed by atoms with van der Waals surface area (Å²) in [5.41, 5.74) is 0.763. The molecule has 1 spiro atoms. The van der Waals surface area contributed by atoms with Gasteiger partial charge >= 0.3 is 0 Å². The fraction of sp³-hybridized carbons (Fsp3) is 0.606. The highest BCUT2D eigenvalue weighted by molar-refractivity contribution is 8.02. The molecular formula is C33H44N4O6S. The summed E-state index contributed by atoms with van der Waals surface area (Å²) < 4.78 is 10.3. The zero-order chi connectivity index (χ0) is 30.7. The number of aliphatic hydroxyl groups is 1. The fourth-order valence-electron chi connectivity index (χ4n) is 7.40. The second kappa shape index (κ2) is 13.6. The molecule has 5 heterocycles. The lowest BCUT2D eigenvalue weighted by Crippen LogP contribution is -2.54. The third-order valence-electron chi connectivity index (χ3n) is 9.55. The van der Waals surface area contributed by atoms with Crippen molar-refractivity contribution in [2.24, 2.45) is 11.8 Å². The summed E-state index contributed by atoms with van der Waals surface area (Å²) in [7, 11) is 0. The van der Waals surface area contributed by atoms with Crippen LogP contribution in [0.5, 0.6) is 5.75 Å². The molecule has 0 bridgehead atoms. The molecule has 3 amide bonds. The van der Waals surface area contributed by atoms with Crippen LogP contribution in [-0.4, -0.2) is 126 Å². The van der Waals surface area contributed by atoms with Gasteiger partial charge in [0.15, 0.2) is 0 Å². The van der Waals surface area contributed by atoms with E-state index in [-0.39, 0.29) is 29.6 Å². The van der Waals surface area contributed by atoms with Crippen molar-refractivity contribution in [2.45, 2.75) is 42.2 Å². The molecular weight excluding hydrogens is 580 g/mol. The lowest BCUT2D eigenvalue weighted by atomic mass is 9.78. The van der Waals surface area contributed by atoms with Gasteiger partial charge in [-0.2, -0.15) is 0 Å². The van der Waals surface area contributed by atoms with Crippen LogP contribution in [0.2, 0.25) is 0 Å². The van der Waals surface area contributed by atoms with E-state index < -0.39 is 22.6 Å². The first-order valence-corrected chi connectivity index (χ1v) is 16.9. The summed E-state index contributed by atoms with van der Waals surface area (Å²) in [6, 6.07) is 6.85. The standard InChI is InChI=1S/C33H44N4O6S/c1-2-43-25-11-9-24(10-12-25)36-16-6-8-26-27(30(36)39)28-31(40)37(15-4-3-5-21-38)29-32(41)35(14-7-13-33(28,29)44-26)18-17-34-19-22-42-23-20-34/h6-13,26-29,38H,2-5,14-23H2,1H3/t26-,27+,28+,29?,33+/m1/s1. The normalized spacial score (nSPS) is 30.3. The van der Waals surface area contributed by atoms with Gasteiger partial charge in [0.1, 0.15) is 11.8 Å². The highest BCUT2D eigenvalue weighted by atomic mass is 32.2. The lowest BCUT2D eigenvalue weighted by molar-refractivity contribution is -0.142. The highest BCUT2D eigenvalue weighted by Crippen LogP contribution is 2.61.